The van der Waals surface area contributed by atoms with Crippen LogP contribution in [0.2, 0.25) is 0 Å². The molecule has 0 fully saturated rings. The molecule has 0 bridgehead atoms. The monoisotopic (exact) mass is 520 g/mol. The molecule has 5 rings (SSSR count). The summed E-state index contributed by atoms with van der Waals surface area (Å²) < 4.78 is 5.94. The zero-order valence-electron chi connectivity index (χ0n) is 20.3. The third-order valence-corrected chi connectivity index (χ3v) is 6.79. The van der Waals surface area contributed by atoms with Crippen LogP contribution in [0.15, 0.2) is 119 Å². The van der Waals surface area contributed by atoms with Crippen LogP contribution in [0, 0.1) is 0 Å². The number of hydrogen-bond donors (Lipinski definition) is 2. The summed E-state index contributed by atoms with van der Waals surface area (Å²) in [5.74, 6) is -0.563. The van der Waals surface area contributed by atoms with Gasteiger partial charge in [0.25, 0.3) is 0 Å². The Morgan fingerprint density at radius 2 is 1.58 bits per heavy atom. The number of amides is 1. The lowest BCUT2D eigenvalue weighted by molar-refractivity contribution is -0.115. The van der Waals surface area contributed by atoms with Gasteiger partial charge in [0.2, 0.25) is 5.91 Å². The summed E-state index contributed by atoms with van der Waals surface area (Å²) in [6, 6.07) is 32.5. The molecule has 188 valence electrons. The number of nitrogens with one attached hydrogen (secondary N) is 1. The molecule has 0 unspecified atom stereocenters. The first-order chi connectivity index (χ1) is 18.5. The van der Waals surface area contributed by atoms with E-state index in [0.29, 0.717) is 6.61 Å². The molecule has 0 radical (unpaired) electrons. The molecule has 0 saturated heterocycles. The van der Waals surface area contributed by atoms with Crippen LogP contribution in [0.5, 0.6) is 5.75 Å². The SMILES string of the molecule is O=C(Cc1ccc(Sc2ccc3cc(OCc4ccccc4)ccc3c2)nc1)Nc1ccccc1C(=O)O. The largest absolute Gasteiger partial charge is 0.489 e. The van der Waals surface area contributed by atoms with Crippen LogP contribution in [-0.4, -0.2) is 22.0 Å². The summed E-state index contributed by atoms with van der Waals surface area (Å²) in [6.07, 6.45) is 1.76. The number of carbonyl (C=O) groups is 2. The normalized spacial score (nSPS) is 10.7. The number of ether oxygens (including phenoxy) is 1. The average molecular weight is 521 g/mol. The zero-order valence-corrected chi connectivity index (χ0v) is 21.2. The Morgan fingerprint density at radius 1 is 0.816 bits per heavy atom. The predicted octanol–water partition coefficient (Wildman–Crippen LogP) is 6.84. The first-order valence-electron chi connectivity index (χ1n) is 12.0. The molecular weight excluding hydrogens is 496 g/mol. The fraction of sp³-hybridized carbons (Fsp3) is 0.0645. The minimum Gasteiger partial charge on any atom is -0.489 e. The number of benzene rings is 4. The van der Waals surface area contributed by atoms with Gasteiger partial charge in [-0.05, 0) is 64.4 Å². The van der Waals surface area contributed by atoms with Crippen molar-refractivity contribution < 1.29 is 19.4 Å². The lowest BCUT2D eigenvalue weighted by Gasteiger charge is -2.09. The van der Waals surface area contributed by atoms with Crippen LogP contribution in [0.4, 0.5) is 5.69 Å². The van der Waals surface area contributed by atoms with Crippen molar-refractivity contribution in [1.82, 2.24) is 4.98 Å². The van der Waals surface area contributed by atoms with Gasteiger partial charge in [-0.3, -0.25) is 4.79 Å². The van der Waals surface area contributed by atoms with Crippen LogP contribution >= 0.6 is 11.8 Å². The first kappa shape index (κ1) is 25.0. The quantitative estimate of drug-likeness (QED) is 0.221. The predicted molar refractivity (Wildman–Crippen MR) is 149 cm³/mol. The van der Waals surface area contributed by atoms with E-state index < -0.39 is 5.97 Å². The number of fused-ring (bicyclic) bond motifs is 1. The van der Waals surface area contributed by atoms with Gasteiger partial charge in [-0.25, -0.2) is 9.78 Å². The van der Waals surface area contributed by atoms with Crippen molar-refractivity contribution in [2.75, 3.05) is 5.32 Å². The smallest absolute Gasteiger partial charge is 0.337 e. The Kier molecular flexibility index (Phi) is 7.66. The van der Waals surface area contributed by atoms with Crippen molar-refractivity contribution in [2.24, 2.45) is 0 Å². The Labute approximate surface area is 224 Å². The number of anilines is 1. The van der Waals surface area contributed by atoms with E-state index in [4.69, 9.17) is 4.74 Å². The molecule has 7 heteroatoms. The molecule has 0 aliphatic rings. The highest BCUT2D eigenvalue weighted by Gasteiger charge is 2.12. The van der Waals surface area contributed by atoms with Crippen LogP contribution in [-0.2, 0) is 17.8 Å². The number of nitrogens with zero attached hydrogens (tertiary/aromatic N) is 1. The lowest BCUT2D eigenvalue weighted by Crippen LogP contribution is -2.16. The maximum absolute atomic E-state index is 12.4. The summed E-state index contributed by atoms with van der Waals surface area (Å²) in [5.41, 5.74) is 2.19. The first-order valence-corrected chi connectivity index (χ1v) is 12.8. The Hall–Kier alpha value is -4.62. The van der Waals surface area contributed by atoms with Gasteiger partial charge < -0.3 is 15.2 Å². The molecule has 1 heterocycles. The molecule has 2 N–H and O–H groups in total. The fourth-order valence-electron chi connectivity index (χ4n) is 3.95. The Bertz CT molecular complexity index is 1590. The molecule has 0 aliphatic heterocycles. The summed E-state index contributed by atoms with van der Waals surface area (Å²) in [5, 5.41) is 15.0. The third-order valence-electron chi connectivity index (χ3n) is 5.85. The van der Waals surface area contributed by atoms with Gasteiger partial charge in [0.15, 0.2) is 0 Å². The van der Waals surface area contributed by atoms with Gasteiger partial charge in [0.1, 0.15) is 17.4 Å². The second-order valence-corrected chi connectivity index (χ2v) is 9.72. The van der Waals surface area contributed by atoms with Gasteiger partial charge in [-0.2, -0.15) is 0 Å². The number of rotatable bonds is 9. The highest BCUT2D eigenvalue weighted by atomic mass is 32.2. The minimum absolute atomic E-state index is 0.0528. The highest BCUT2D eigenvalue weighted by molar-refractivity contribution is 7.99. The van der Waals surface area contributed by atoms with E-state index in [1.54, 1.807) is 36.2 Å². The molecule has 38 heavy (non-hydrogen) atoms. The van der Waals surface area contributed by atoms with Crippen molar-refractivity contribution in [3.8, 4) is 5.75 Å². The molecule has 0 spiro atoms. The van der Waals surface area contributed by atoms with E-state index in [1.807, 2.05) is 54.6 Å². The fourth-order valence-corrected chi connectivity index (χ4v) is 4.76. The van der Waals surface area contributed by atoms with Gasteiger partial charge >= 0.3 is 5.97 Å². The van der Waals surface area contributed by atoms with Gasteiger partial charge in [0.05, 0.1) is 17.7 Å². The molecule has 1 aromatic heterocycles. The highest BCUT2D eigenvalue weighted by Crippen LogP contribution is 2.30. The summed E-state index contributed by atoms with van der Waals surface area (Å²) in [4.78, 5) is 29.3. The van der Waals surface area contributed by atoms with Crippen molar-refractivity contribution >= 4 is 40.1 Å². The Morgan fingerprint density at radius 3 is 2.37 bits per heavy atom. The van der Waals surface area contributed by atoms with Gasteiger partial charge in [-0.1, -0.05) is 72.4 Å². The number of para-hydroxylation sites is 1. The number of carbonyl (C=O) groups excluding carboxylic acids is 1. The molecule has 5 aromatic rings. The van der Waals surface area contributed by atoms with E-state index in [0.717, 1.165) is 37.6 Å². The number of carboxylic acid groups (broad SMARTS) is 1. The molecular formula is C31H24N2O4S. The van der Waals surface area contributed by atoms with Crippen molar-refractivity contribution in [3.63, 3.8) is 0 Å². The maximum Gasteiger partial charge on any atom is 0.337 e. The molecule has 0 saturated carbocycles. The summed E-state index contributed by atoms with van der Waals surface area (Å²) >= 11 is 1.54. The number of hydrogen-bond acceptors (Lipinski definition) is 5. The zero-order chi connectivity index (χ0) is 26.3. The average Bonchev–Trinajstić information content (AvgIpc) is 2.93. The van der Waals surface area contributed by atoms with Crippen molar-refractivity contribution in [3.05, 3.63) is 126 Å². The number of aromatic carboxylic acids is 1. The van der Waals surface area contributed by atoms with Crippen LogP contribution < -0.4 is 10.1 Å². The summed E-state index contributed by atoms with van der Waals surface area (Å²) in [7, 11) is 0. The second-order valence-electron chi connectivity index (χ2n) is 8.63. The van der Waals surface area contributed by atoms with E-state index >= 15 is 0 Å². The molecule has 4 aromatic carbocycles. The minimum atomic E-state index is -1.09. The van der Waals surface area contributed by atoms with Crippen molar-refractivity contribution in [1.29, 1.82) is 0 Å². The third kappa shape index (κ3) is 6.38. The standard InChI is InChI=1S/C31H24N2O4S/c34-29(33-28-9-5-4-8-27(28)31(35)36)16-22-10-15-30(32-19-22)38-26-14-12-23-17-25(13-11-24(23)18-26)37-20-21-6-2-1-3-7-21/h1-15,17-19H,16,20H2,(H,33,34)(H,35,36). The number of aromatic nitrogens is 1. The molecule has 1 amide bonds. The van der Waals surface area contributed by atoms with E-state index in [9.17, 15) is 14.7 Å². The van der Waals surface area contributed by atoms with Gasteiger partial charge in [0, 0.05) is 11.1 Å². The van der Waals surface area contributed by atoms with Crippen molar-refractivity contribution in [2.45, 2.75) is 22.9 Å². The molecule has 6 nitrogen and oxygen atoms in total. The lowest BCUT2D eigenvalue weighted by atomic mass is 10.1. The van der Waals surface area contributed by atoms with E-state index in [1.165, 1.54) is 6.07 Å². The number of carboxylic acids is 1. The molecule has 0 aliphatic carbocycles. The van der Waals surface area contributed by atoms with Crippen LogP contribution in [0.1, 0.15) is 21.5 Å². The van der Waals surface area contributed by atoms with Gasteiger partial charge in [-0.15, -0.1) is 0 Å². The van der Waals surface area contributed by atoms with E-state index in [2.05, 4.69) is 34.6 Å². The second kappa shape index (κ2) is 11.6. The van der Waals surface area contributed by atoms with E-state index in [-0.39, 0.29) is 23.6 Å². The molecule has 0 atom stereocenters. The van der Waals surface area contributed by atoms with Crippen LogP contribution in [0.25, 0.3) is 10.8 Å². The topological polar surface area (TPSA) is 88.5 Å². The Balaban J connectivity index is 1.19. The van der Waals surface area contributed by atoms with Crippen LogP contribution in [0.3, 0.4) is 0 Å². The maximum atomic E-state index is 12.4. The number of pyridine rings is 1. The summed E-state index contributed by atoms with van der Waals surface area (Å²) in [6.45, 7) is 0.527.